The molecule has 0 saturated heterocycles. The molecule has 9 heteroatoms. The van der Waals surface area contributed by atoms with Crippen LogP contribution in [0.4, 0.5) is 17.6 Å². The Kier molecular flexibility index (Phi) is 7.84. The third kappa shape index (κ3) is 5.92. The number of halogens is 4. The molecule has 2 heterocycles. The van der Waals surface area contributed by atoms with Crippen molar-refractivity contribution in [2.45, 2.75) is 37.3 Å². The number of aliphatic hydroxyl groups is 1. The number of rotatable bonds is 9. The maximum atomic E-state index is 13.6. The zero-order valence-corrected chi connectivity index (χ0v) is 18.0. The molecule has 0 spiro atoms. The summed E-state index contributed by atoms with van der Waals surface area (Å²) < 4.78 is 57.8. The molecule has 1 unspecified atom stereocenters. The number of pyridine rings is 2. The van der Waals surface area contributed by atoms with E-state index in [0.717, 1.165) is 12.1 Å². The standard InChI is InChI=1S/C19H23AsF4N2O2/c1-11(2)7-19(20,9-27)10-28-16-8-26-14(6-13(16)17(21)22)12-3-4-25-15(5-12)18(23)24/h3-6,8,11,17-18,27H,7,9-10,20H2,1-2H3/t19-/m0/s1. The van der Waals surface area contributed by atoms with Crippen LogP contribution in [0.5, 0.6) is 5.75 Å². The molecule has 0 aromatic carbocycles. The van der Waals surface area contributed by atoms with Crippen molar-refractivity contribution in [2.75, 3.05) is 13.2 Å². The van der Waals surface area contributed by atoms with E-state index in [1.807, 2.05) is 13.8 Å². The van der Waals surface area contributed by atoms with E-state index < -0.39 is 22.7 Å². The zero-order valence-electron chi connectivity index (χ0n) is 15.6. The summed E-state index contributed by atoms with van der Waals surface area (Å²) in [6.07, 6.45) is -2.56. The number of ether oxygens (including phenoxy) is 1. The first-order chi connectivity index (χ1) is 13.1. The predicted octanol–water partition coefficient (Wildman–Crippen LogP) is 4.23. The van der Waals surface area contributed by atoms with Crippen LogP contribution in [0.3, 0.4) is 0 Å². The Morgan fingerprint density at radius 1 is 1.14 bits per heavy atom. The Morgan fingerprint density at radius 2 is 1.86 bits per heavy atom. The molecule has 1 N–H and O–H groups in total. The molecule has 0 fully saturated rings. The van der Waals surface area contributed by atoms with Crippen molar-refractivity contribution in [2.24, 2.45) is 5.92 Å². The van der Waals surface area contributed by atoms with Gasteiger partial charge in [0.05, 0.1) is 0 Å². The molecule has 0 bridgehead atoms. The van der Waals surface area contributed by atoms with Crippen molar-refractivity contribution in [3.8, 4) is 17.0 Å². The fourth-order valence-electron chi connectivity index (χ4n) is 2.84. The van der Waals surface area contributed by atoms with Gasteiger partial charge in [0.25, 0.3) is 0 Å². The molecule has 28 heavy (non-hydrogen) atoms. The molecule has 0 aliphatic carbocycles. The van der Waals surface area contributed by atoms with Gasteiger partial charge >= 0.3 is 170 Å². The molecule has 0 saturated carbocycles. The van der Waals surface area contributed by atoms with Crippen molar-refractivity contribution in [3.05, 3.63) is 41.9 Å². The quantitative estimate of drug-likeness (QED) is 0.448. The third-order valence-electron chi connectivity index (χ3n) is 4.08. The van der Waals surface area contributed by atoms with Gasteiger partial charge in [-0.25, -0.2) is 0 Å². The Morgan fingerprint density at radius 3 is 2.43 bits per heavy atom. The van der Waals surface area contributed by atoms with E-state index in [-0.39, 0.29) is 35.8 Å². The predicted molar refractivity (Wildman–Crippen MR) is 101 cm³/mol. The summed E-state index contributed by atoms with van der Waals surface area (Å²) >= 11 is 1.29. The van der Waals surface area contributed by atoms with Gasteiger partial charge in [0.1, 0.15) is 0 Å². The van der Waals surface area contributed by atoms with Crippen LogP contribution >= 0.6 is 0 Å². The summed E-state index contributed by atoms with van der Waals surface area (Å²) in [6, 6.07) is 3.68. The van der Waals surface area contributed by atoms with Crippen LogP contribution in [0.15, 0.2) is 30.6 Å². The molecular formula is C19H23AsF4N2O2. The molecule has 2 aromatic rings. The second kappa shape index (κ2) is 9.70. The van der Waals surface area contributed by atoms with Crippen molar-refractivity contribution in [1.29, 1.82) is 0 Å². The van der Waals surface area contributed by atoms with E-state index in [0.29, 0.717) is 12.3 Å². The number of aliphatic hydroxyl groups excluding tert-OH is 1. The Balaban J connectivity index is 2.29. The van der Waals surface area contributed by atoms with Gasteiger partial charge in [-0.05, 0) is 0 Å². The fraction of sp³-hybridized carbons (Fsp3) is 0.474. The van der Waals surface area contributed by atoms with Crippen LogP contribution in [0.25, 0.3) is 11.3 Å². The van der Waals surface area contributed by atoms with Crippen LogP contribution in [0.1, 0.15) is 44.4 Å². The summed E-state index contributed by atoms with van der Waals surface area (Å²) in [5.74, 6) is 0.231. The van der Waals surface area contributed by atoms with Crippen molar-refractivity contribution in [1.82, 2.24) is 9.97 Å². The van der Waals surface area contributed by atoms with Gasteiger partial charge < -0.3 is 0 Å². The van der Waals surface area contributed by atoms with E-state index in [9.17, 15) is 22.7 Å². The maximum absolute atomic E-state index is 13.6. The minimum absolute atomic E-state index is 0.0766. The SMILES string of the molecule is CC(C)C[C@]([AsH2])(CO)COc1cnc(-c2ccnc(C(F)F)c2)cc1C(F)F. The fourth-order valence-corrected chi connectivity index (χ4v) is 4.00. The van der Waals surface area contributed by atoms with Gasteiger partial charge in [-0.15, -0.1) is 0 Å². The van der Waals surface area contributed by atoms with Crippen molar-refractivity contribution < 1.29 is 27.4 Å². The van der Waals surface area contributed by atoms with Crippen molar-refractivity contribution >= 4 is 16.9 Å². The van der Waals surface area contributed by atoms with E-state index in [2.05, 4.69) is 9.97 Å². The molecule has 2 atom stereocenters. The van der Waals surface area contributed by atoms with E-state index >= 15 is 0 Å². The third-order valence-corrected chi connectivity index (χ3v) is 5.31. The first-order valence-corrected chi connectivity index (χ1v) is 9.91. The minimum atomic E-state index is -2.83. The first kappa shape index (κ1) is 22.6. The van der Waals surface area contributed by atoms with Gasteiger partial charge in [-0.2, -0.15) is 0 Å². The summed E-state index contributed by atoms with van der Waals surface area (Å²) in [5.41, 5.74) is -0.434. The molecule has 0 radical (unpaired) electrons. The Labute approximate surface area is 169 Å². The Bertz CT molecular complexity index is 792. The molecule has 4 nitrogen and oxygen atoms in total. The molecule has 0 aliphatic heterocycles. The normalized spacial score (nSPS) is 14.0. The van der Waals surface area contributed by atoms with Crippen LogP contribution in [-0.2, 0) is 0 Å². The molecule has 0 amide bonds. The zero-order chi connectivity index (χ0) is 20.9. The average molecular weight is 462 g/mol. The number of aromatic nitrogens is 2. The summed E-state index contributed by atoms with van der Waals surface area (Å²) in [5, 5.41) is 9.66. The first-order valence-electron chi connectivity index (χ1n) is 8.70. The topological polar surface area (TPSA) is 55.2 Å². The van der Waals surface area contributed by atoms with Gasteiger partial charge in [0, 0.05) is 0 Å². The van der Waals surface area contributed by atoms with Crippen LogP contribution in [0.2, 0.25) is 4.20 Å². The van der Waals surface area contributed by atoms with E-state index in [4.69, 9.17) is 4.74 Å². The van der Waals surface area contributed by atoms with Gasteiger partial charge in [0.15, 0.2) is 0 Å². The summed E-state index contributed by atoms with van der Waals surface area (Å²) in [7, 11) is 0. The van der Waals surface area contributed by atoms with E-state index in [1.54, 1.807) is 0 Å². The monoisotopic (exact) mass is 462 g/mol. The second-order valence-electron chi connectivity index (χ2n) is 7.09. The summed E-state index contributed by atoms with van der Waals surface area (Å²) in [6.45, 7) is 3.97. The average Bonchev–Trinajstić information content (AvgIpc) is 2.65. The van der Waals surface area contributed by atoms with E-state index in [1.165, 1.54) is 35.3 Å². The number of hydrogen-bond donors (Lipinski definition) is 1. The van der Waals surface area contributed by atoms with Crippen molar-refractivity contribution in [3.63, 3.8) is 0 Å². The van der Waals surface area contributed by atoms with Crippen LogP contribution in [0, 0.1) is 5.92 Å². The van der Waals surface area contributed by atoms with Crippen LogP contribution in [-0.4, -0.2) is 45.1 Å². The van der Waals surface area contributed by atoms with Gasteiger partial charge in [-0.3, -0.25) is 0 Å². The van der Waals surface area contributed by atoms with Gasteiger partial charge in [-0.1, -0.05) is 0 Å². The number of nitrogens with zero attached hydrogens (tertiary/aromatic N) is 2. The molecular weight excluding hydrogens is 439 g/mol. The van der Waals surface area contributed by atoms with Crippen LogP contribution < -0.4 is 4.74 Å². The Hall–Kier alpha value is -1.66. The molecule has 2 rings (SSSR count). The molecule has 154 valence electrons. The summed E-state index contributed by atoms with van der Waals surface area (Å²) in [4.78, 5) is 7.65. The number of hydrogen-bond acceptors (Lipinski definition) is 4. The second-order valence-corrected chi connectivity index (χ2v) is 9.65. The molecule has 2 aromatic heterocycles. The molecule has 0 aliphatic rings. The number of alkyl halides is 4. The van der Waals surface area contributed by atoms with Gasteiger partial charge in [0.2, 0.25) is 0 Å².